The molecule has 1 unspecified atom stereocenters. The summed E-state index contributed by atoms with van der Waals surface area (Å²) >= 11 is 10.3. The fourth-order valence-electron chi connectivity index (χ4n) is 2.51. The predicted octanol–water partition coefficient (Wildman–Crippen LogP) is 3.23. The highest BCUT2D eigenvalue weighted by atomic mass is 35.5. The maximum Gasteiger partial charge on any atom is 0.252 e. The van der Waals surface area contributed by atoms with Gasteiger partial charge >= 0.3 is 0 Å². The van der Waals surface area contributed by atoms with Gasteiger partial charge in [-0.1, -0.05) is 18.0 Å². The number of carbonyl (C=O) groups excluding carboxylic acids is 1. The maximum atomic E-state index is 12.2. The van der Waals surface area contributed by atoms with Gasteiger partial charge in [0, 0.05) is 17.5 Å². The number of halogens is 1. The molecule has 1 amide bonds. The van der Waals surface area contributed by atoms with E-state index >= 15 is 0 Å². The number of amides is 1. The van der Waals surface area contributed by atoms with E-state index in [2.05, 4.69) is 29.8 Å². The van der Waals surface area contributed by atoms with Crippen LogP contribution < -0.4 is 5.32 Å². The van der Waals surface area contributed by atoms with Crippen LogP contribution >= 0.6 is 24.2 Å². The van der Waals surface area contributed by atoms with Crippen molar-refractivity contribution in [2.75, 3.05) is 19.6 Å². The Hall–Kier alpha value is -0.710. The van der Waals surface area contributed by atoms with E-state index in [-0.39, 0.29) is 5.91 Å². The molecule has 1 fully saturated rings. The number of carbonyl (C=O) groups is 1. The zero-order valence-corrected chi connectivity index (χ0v) is 13.4. The number of nitrogens with one attached hydrogen (secondary N) is 1. The zero-order valence-electron chi connectivity index (χ0n) is 11.7. The van der Waals surface area contributed by atoms with Gasteiger partial charge in [0.2, 0.25) is 0 Å². The Morgan fingerprint density at radius 1 is 1.40 bits per heavy atom. The molecule has 3 nitrogen and oxygen atoms in total. The van der Waals surface area contributed by atoms with Gasteiger partial charge in [0.25, 0.3) is 5.91 Å². The van der Waals surface area contributed by atoms with Crippen molar-refractivity contribution in [3.8, 4) is 0 Å². The predicted molar refractivity (Wildman–Crippen MR) is 85.9 cm³/mol. The molecule has 1 heterocycles. The third kappa shape index (κ3) is 4.14. The summed E-state index contributed by atoms with van der Waals surface area (Å²) in [5, 5.41) is 3.43. The van der Waals surface area contributed by atoms with Crippen LogP contribution in [0.15, 0.2) is 23.1 Å². The van der Waals surface area contributed by atoms with E-state index in [4.69, 9.17) is 11.6 Å². The molecule has 1 aliphatic heterocycles. The summed E-state index contributed by atoms with van der Waals surface area (Å²) in [4.78, 5) is 15.3. The Kier molecular flexibility index (Phi) is 5.75. The van der Waals surface area contributed by atoms with Crippen molar-refractivity contribution in [1.82, 2.24) is 10.2 Å². The van der Waals surface area contributed by atoms with Crippen molar-refractivity contribution in [3.05, 3.63) is 28.8 Å². The second-order valence-corrected chi connectivity index (χ2v) is 6.24. The molecule has 1 aromatic rings. The molecule has 0 bridgehead atoms. The van der Waals surface area contributed by atoms with Crippen molar-refractivity contribution in [1.29, 1.82) is 0 Å². The minimum atomic E-state index is -0.130. The summed E-state index contributed by atoms with van der Waals surface area (Å²) in [7, 11) is 0. The van der Waals surface area contributed by atoms with Gasteiger partial charge in [0.05, 0.1) is 10.6 Å². The first-order valence-electron chi connectivity index (χ1n) is 7.08. The van der Waals surface area contributed by atoms with E-state index in [9.17, 15) is 4.79 Å². The second kappa shape index (κ2) is 7.34. The minimum Gasteiger partial charge on any atom is -0.350 e. The smallest absolute Gasteiger partial charge is 0.252 e. The van der Waals surface area contributed by atoms with Crippen molar-refractivity contribution >= 4 is 30.1 Å². The third-order valence-electron chi connectivity index (χ3n) is 3.77. The van der Waals surface area contributed by atoms with Crippen LogP contribution in [-0.2, 0) is 0 Å². The Morgan fingerprint density at radius 3 is 2.80 bits per heavy atom. The summed E-state index contributed by atoms with van der Waals surface area (Å²) in [5.41, 5.74) is 0.491. The number of likely N-dealkylation sites (tertiary alicyclic amines) is 1. The Balaban J connectivity index is 1.89. The molecule has 20 heavy (non-hydrogen) atoms. The molecule has 0 radical (unpaired) electrons. The van der Waals surface area contributed by atoms with Crippen LogP contribution in [0.3, 0.4) is 0 Å². The quantitative estimate of drug-likeness (QED) is 0.837. The van der Waals surface area contributed by atoms with E-state index in [0.717, 1.165) is 18.0 Å². The molecule has 1 saturated heterocycles. The van der Waals surface area contributed by atoms with Gasteiger partial charge in [0.15, 0.2) is 0 Å². The first kappa shape index (κ1) is 15.7. The molecular weight excluding hydrogens is 292 g/mol. The molecule has 1 aliphatic rings. The van der Waals surface area contributed by atoms with E-state index in [1.165, 1.54) is 19.3 Å². The van der Waals surface area contributed by atoms with Crippen LogP contribution in [0.2, 0.25) is 5.02 Å². The summed E-state index contributed by atoms with van der Waals surface area (Å²) in [6.07, 6.45) is 3.83. The normalized spacial score (nSPS) is 17.8. The monoisotopic (exact) mass is 312 g/mol. The van der Waals surface area contributed by atoms with Crippen molar-refractivity contribution in [3.63, 3.8) is 0 Å². The van der Waals surface area contributed by atoms with Gasteiger partial charge in [-0.25, -0.2) is 0 Å². The molecule has 2 rings (SSSR count). The highest BCUT2D eigenvalue weighted by Crippen LogP contribution is 2.19. The second-order valence-electron chi connectivity index (χ2n) is 5.32. The lowest BCUT2D eigenvalue weighted by molar-refractivity contribution is 0.0930. The number of hydrogen-bond donors (Lipinski definition) is 2. The van der Waals surface area contributed by atoms with Crippen LogP contribution in [0.25, 0.3) is 0 Å². The van der Waals surface area contributed by atoms with Gasteiger partial charge in [-0.2, -0.15) is 0 Å². The molecule has 1 aromatic carbocycles. The average Bonchev–Trinajstić information content (AvgIpc) is 2.47. The highest BCUT2D eigenvalue weighted by Gasteiger charge is 2.18. The van der Waals surface area contributed by atoms with Gasteiger partial charge in [-0.15, -0.1) is 12.6 Å². The lowest BCUT2D eigenvalue weighted by Gasteiger charge is -2.32. The number of hydrogen-bond acceptors (Lipinski definition) is 3. The number of piperidine rings is 1. The Morgan fingerprint density at radius 2 is 2.10 bits per heavy atom. The SMILES string of the molecule is CC(CNC(=O)c1cc(S)ccc1Cl)N1CCCCC1. The molecule has 5 heteroatoms. The van der Waals surface area contributed by atoms with E-state index < -0.39 is 0 Å². The van der Waals surface area contributed by atoms with Gasteiger partial charge in [0.1, 0.15) is 0 Å². The molecule has 1 atom stereocenters. The molecular formula is C15H21ClN2OS. The summed E-state index contributed by atoms with van der Waals surface area (Å²) in [6, 6.07) is 5.54. The third-order valence-corrected chi connectivity index (χ3v) is 4.37. The molecule has 0 spiro atoms. The zero-order chi connectivity index (χ0) is 14.5. The number of rotatable bonds is 4. The van der Waals surface area contributed by atoms with Crippen molar-refractivity contribution < 1.29 is 4.79 Å². The number of benzene rings is 1. The first-order chi connectivity index (χ1) is 9.58. The van der Waals surface area contributed by atoms with Crippen LogP contribution in [0.4, 0.5) is 0 Å². The average molecular weight is 313 g/mol. The van der Waals surface area contributed by atoms with Crippen LogP contribution in [-0.4, -0.2) is 36.5 Å². The molecule has 1 N–H and O–H groups in total. The van der Waals surface area contributed by atoms with Crippen LogP contribution in [0, 0.1) is 0 Å². The van der Waals surface area contributed by atoms with E-state index in [1.807, 2.05) is 0 Å². The number of thiol groups is 1. The van der Waals surface area contributed by atoms with Crippen molar-refractivity contribution in [2.24, 2.45) is 0 Å². The van der Waals surface area contributed by atoms with Crippen LogP contribution in [0.1, 0.15) is 36.5 Å². The lowest BCUT2D eigenvalue weighted by atomic mass is 10.1. The van der Waals surface area contributed by atoms with E-state index in [1.54, 1.807) is 18.2 Å². The minimum absolute atomic E-state index is 0.130. The standard InChI is InChI=1S/C15H21ClN2OS/c1-11(18-7-3-2-4-8-18)10-17-15(19)13-9-12(20)5-6-14(13)16/h5-6,9,11,20H,2-4,7-8,10H2,1H3,(H,17,19). The lowest BCUT2D eigenvalue weighted by Crippen LogP contribution is -2.44. The first-order valence-corrected chi connectivity index (χ1v) is 7.91. The van der Waals surface area contributed by atoms with Gasteiger partial charge in [-0.05, 0) is 51.1 Å². The fraction of sp³-hybridized carbons (Fsp3) is 0.533. The fourth-order valence-corrected chi connectivity index (χ4v) is 2.92. The largest absolute Gasteiger partial charge is 0.350 e. The Bertz CT molecular complexity index is 475. The maximum absolute atomic E-state index is 12.2. The van der Waals surface area contributed by atoms with Gasteiger partial charge < -0.3 is 5.32 Å². The summed E-state index contributed by atoms with van der Waals surface area (Å²) in [6.45, 7) is 5.06. The topological polar surface area (TPSA) is 32.3 Å². The highest BCUT2D eigenvalue weighted by molar-refractivity contribution is 7.80. The molecule has 0 aliphatic carbocycles. The summed E-state index contributed by atoms with van der Waals surface area (Å²) in [5.74, 6) is -0.130. The molecule has 0 aromatic heterocycles. The van der Waals surface area contributed by atoms with Crippen molar-refractivity contribution in [2.45, 2.75) is 37.1 Å². The van der Waals surface area contributed by atoms with E-state index in [0.29, 0.717) is 23.2 Å². The summed E-state index contributed by atoms with van der Waals surface area (Å²) < 4.78 is 0. The Labute approximate surface area is 131 Å². The van der Waals surface area contributed by atoms with Crippen LogP contribution in [0.5, 0.6) is 0 Å². The molecule has 110 valence electrons. The molecule has 0 saturated carbocycles. The number of nitrogens with zero attached hydrogens (tertiary/aromatic N) is 1. The van der Waals surface area contributed by atoms with Gasteiger partial charge in [-0.3, -0.25) is 9.69 Å².